The number of sulfonamides is 1. The molecule has 4 aromatic rings. The number of carbonyl (C=O) groups is 2. The number of rotatable bonds is 13. The lowest BCUT2D eigenvalue weighted by Crippen LogP contribution is -2.54. The molecule has 0 unspecified atom stereocenters. The van der Waals surface area contributed by atoms with E-state index < -0.39 is 28.5 Å². The van der Waals surface area contributed by atoms with Crippen LogP contribution in [0.2, 0.25) is 5.02 Å². The largest absolute Gasteiger partial charge is 0.352 e. The Morgan fingerprint density at radius 3 is 2.20 bits per heavy atom. The molecule has 7 nitrogen and oxygen atoms in total. The smallest absolute Gasteiger partial charge is 0.264 e. The zero-order valence-corrected chi connectivity index (χ0v) is 28.6. The Balaban J connectivity index is 1.81. The Morgan fingerprint density at radius 1 is 0.889 bits per heavy atom. The van der Waals surface area contributed by atoms with Crippen molar-refractivity contribution in [1.82, 2.24) is 10.2 Å². The number of hydrogen-bond donors (Lipinski definition) is 1. The van der Waals surface area contributed by atoms with E-state index in [1.165, 1.54) is 29.2 Å². The minimum absolute atomic E-state index is 0.00454. The molecule has 1 N–H and O–H groups in total. The highest BCUT2D eigenvalue weighted by Gasteiger charge is 2.35. The number of carbonyl (C=O) groups excluding carboxylic acids is 2. The molecule has 0 fully saturated rings. The van der Waals surface area contributed by atoms with E-state index in [9.17, 15) is 18.0 Å². The number of anilines is 1. The standard InChI is InChI=1S/C35H37BrClN3O4S/c1-4-26(3)38-35(42)33(22-27-11-6-5-7-12-27)39(23-28-13-9-14-29(36)21-28)34(41)24-40(31-15-8-10-25(2)20-31)45(43,44)32-18-16-30(37)17-19-32/h5-21,26,33H,4,22-24H2,1-3H3,(H,38,42)/t26-,33+/m1/s1. The molecule has 0 spiro atoms. The molecule has 10 heteroatoms. The zero-order chi connectivity index (χ0) is 32.6. The summed E-state index contributed by atoms with van der Waals surface area (Å²) in [6.45, 7) is 5.31. The van der Waals surface area contributed by atoms with Gasteiger partial charge in [-0.15, -0.1) is 0 Å². The minimum Gasteiger partial charge on any atom is -0.352 e. The first-order valence-electron chi connectivity index (χ1n) is 14.7. The molecule has 4 rings (SSSR count). The van der Waals surface area contributed by atoms with Crippen LogP contribution in [0.1, 0.15) is 37.0 Å². The molecule has 0 heterocycles. The van der Waals surface area contributed by atoms with Gasteiger partial charge in [0, 0.05) is 28.5 Å². The summed E-state index contributed by atoms with van der Waals surface area (Å²) >= 11 is 9.57. The molecule has 2 amide bonds. The van der Waals surface area contributed by atoms with Crippen molar-refractivity contribution in [3.05, 3.63) is 129 Å². The van der Waals surface area contributed by atoms with Crippen LogP contribution in [0.5, 0.6) is 0 Å². The number of benzene rings is 4. The van der Waals surface area contributed by atoms with Gasteiger partial charge in [-0.25, -0.2) is 8.42 Å². The van der Waals surface area contributed by atoms with Crippen molar-refractivity contribution < 1.29 is 18.0 Å². The Kier molecular flexibility index (Phi) is 11.8. The summed E-state index contributed by atoms with van der Waals surface area (Å²) < 4.78 is 30.2. The van der Waals surface area contributed by atoms with Crippen LogP contribution in [-0.2, 0) is 32.6 Å². The van der Waals surface area contributed by atoms with Gasteiger partial charge in [-0.05, 0) is 85.5 Å². The van der Waals surface area contributed by atoms with Crippen LogP contribution < -0.4 is 9.62 Å². The average Bonchev–Trinajstić information content (AvgIpc) is 3.02. The highest BCUT2D eigenvalue weighted by atomic mass is 79.9. The Morgan fingerprint density at radius 2 is 1.56 bits per heavy atom. The fraction of sp³-hybridized carbons (Fsp3) is 0.257. The molecule has 0 saturated heterocycles. The van der Waals surface area contributed by atoms with E-state index >= 15 is 0 Å². The molecular formula is C35H37BrClN3O4S. The quantitative estimate of drug-likeness (QED) is 0.160. The summed E-state index contributed by atoms with van der Waals surface area (Å²) in [6.07, 6.45) is 0.959. The third-order valence-electron chi connectivity index (χ3n) is 7.48. The molecule has 0 aliphatic heterocycles. The molecule has 0 saturated carbocycles. The van der Waals surface area contributed by atoms with Crippen molar-refractivity contribution >= 4 is 55.1 Å². The maximum atomic E-state index is 14.5. The summed E-state index contributed by atoms with van der Waals surface area (Å²) in [4.78, 5) is 29.9. The highest BCUT2D eigenvalue weighted by Crippen LogP contribution is 2.27. The van der Waals surface area contributed by atoms with Crippen LogP contribution in [0.25, 0.3) is 0 Å². The van der Waals surface area contributed by atoms with Crippen LogP contribution in [0.3, 0.4) is 0 Å². The first-order chi connectivity index (χ1) is 21.5. The summed E-state index contributed by atoms with van der Waals surface area (Å²) in [5, 5.41) is 3.44. The molecule has 4 aromatic carbocycles. The van der Waals surface area contributed by atoms with E-state index in [0.29, 0.717) is 17.1 Å². The van der Waals surface area contributed by atoms with E-state index in [0.717, 1.165) is 25.5 Å². The first-order valence-corrected chi connectivity index (χ1v) is 17.3. The van der Waals surface area contributed by atoms with Crippen LogP contribution >= 0.6 is 27.5 Å². The van der Waals surface area contributed by atoms with Crippen LogP contribution in [0.4, 0.5) is 5.69 Å². The summed E-state index contributed by atoms with van der Waals surface area (Å²) in [5.41, 5.74) is 2.83. The predicted molar refractivity (Wildman–Crippen MR) is 184 cm³/mol. The molecule has 0 radical (unpaired) electrons. The summed E-state index contributed by atoms with van der Waals surface area (Å²) in [6, 6.07) is 28.8. The Labute approximate surface area is 279 Å². The number of nitrogens with zero attached hydrogens (tertiary/aromatic N) is 2. The molecule has 0 aromatic heterocycles. The zero-order valence-electron chi connectivity index (χ0n) is 25.5. The van der Waals surface area contributed by atoms with Crippen LogP contribution in [-0.4, -0.2) is 43.8 Å². The van der Waals surface area contributed by atoms with Gasteiger partial charge < -0.3 is 10.2 Å². The Bertz CT molecular complexity index is 1720. The number of aryl methyl sites for hydroxylation is 1. The van der Waals surface area contributed by atoms with E-state index in [4.69, 9.17) is 11.6 Å². The molecule has 236 valence electrons. The molecule has 0 bridgehead atoms. The number of halogens is 2. The monoisotopic (exact) mass is 709 g/mol. The summed E-state index contributed by atoms with van der Waals surface area (Å²) in [7, 11) is -4.20. The van der Waals surface area contributed by atoms with Crippen molar-refractivity contribution in [1.29, 1.82) is 0 Å². The average molecular weight is 711 g/mol. The lowest BCUT2D eigenvalue weighted by Gasteiger charge is -2.34. The lowest BCUT2D eigenvalue weighted by molar-refractivity contribution is -0.140. The maximum Gasteiger partial charge on any atom is 0.264 e. The number of amides is 2. The lowest BCUT2D eigenvalue weighted by atomic mass is 10.0. The van der Waals surface area contributed by atoms with Gasteiger partial charge in [0.25, 0.3) is 10.0 Å². The number of hydrogen-bond acceptors (Lipinski definition) is 4. The normalized spacial score (nSPS) is 12.6. The van der Waals surface area contributed by atoms with Crippen LogP contribution in [0.15, 0.2) is 112 Å². The van der Waals surface area contributed by atoms with Gasteiger partial charge in [0.15, 0.2) is 0 Å². The predicted octanol–water partition coefficient (Wildman–Crippen LogP) is 7.16. The van der Waals surface area contributed by atoms with Gasteiger partial charge in [-0.1, -0.05) is 89.1 Å². The van der Waals surface area contributed by atoms with E-state index in [2.05, 4.69) is 21.2 Å². The van der Waals surface area contributed by atoms with E-state index in [-0.39, 0.29) is 29.8 Å². The van der Waals surface area contributed by atoms with Gasteiger partial charge in [-0.2, -0.15) is 0 Å². The fourth-order valence-electron chi connectivity index (χ4n) is 4.87. The van der Waals surface area contributed by atoms with E-state index in [1.54, 1.807) is 18.2 Å². The second-order valence-corrected chi connectivity index (χ2v) is 14.2. The van der Waals surface area contributed by atoms with Crippen LogP contribution in [0, 0.1) is 6.92 Å². The van der Waals surface area contributed by atoms with Gasteiger partial charge in [0.1, 0.15) is 12.6 Å². The van der Waals surface area contributed by atoms with Crippen molar-refractivity contribution in [3.63, 3.8) is 0 Å². The molecule has 2 atom stereocenters. The first kappa shape index (κ1) is 34.2. The van der Waals surface area contributed by atoms with Crippen molar-refractivity contribution in [2.45, 2.75) is 57.1 Å². The van der Waals surface area contributed by atoms with Gasteiger partial charge in [-0.3, -0.25) is 13.9 Å². The van der Waals surface area contributed by atoms with Gasteiger partial charge >= 0.3 is 0 Å². The third-order valence-corrected chi connectivity index (χ3v) is 10.0. The highest BCUT2D eigenvalue weighted by molar-refractivity contribution is 9.10. The maximum absolute atomic E-state index is 14.5. The second kappa shape index (κ2) is 15.6. The molecular weight excluding hydrogens is 674 g/mol. The molecule has 0 aliphatic rings. The Hall–Kier alpha value is -3.66. The third kappa shape index (κ3) is 9.19. The second-order valence-electron chi connectivity index (χ2n) is 11.0. The SMILES string of the molecule is CC[C@@H](C)NC(=O)[C@H](Cc1ccccc1)N(Cc1cccc(Br)c1)C(=O)CN(c1cccc(C)c1)S(=O)(=O)c1ccc(Cl)cc1. The van der Waals surface area contributed by atoms with Gasteiger partial charge in [0.05, 0.1) is 10.6 Å². The van der Waals surface area contributed by atoms with Crippen molar-refractivity contribution in [2.75, 3.05) is 10.8 Å². The molecule has 45 heavy (non-hydrogen) atoms. The minimum atomic E-state index is -4.20. The van der Waals surface area contributed by atoms with E-state index in [1.807, 2.05) is 81.4 Å². The van der Waals surface area contributed by atoms with Crippen molar-refractivity contribution in [3.8, 4) is 0 Å². The fourth-order valence-corrected chi connectivity index (χ4v) is 6.85. The molecule has 0 aliphatic carbocycles. The summed E-state index contributed by atoms with van der Waals surface area (Å²) in [5.74, 6) is -0.825. The number of nitrogens with one attached hydrogen (secondary N) is 1. The van der Waals surface area contributed by atoms with Crippen molar-refractivity contribution in [2.24, 2.45) is 0 Å². The topological polar surface area (TPSA) is 86.8 Å². The van der Waals surface area contributed by atoms with Gasteiger partial charge in [0.2, 0.25) is 11.8 Å².